The second kappa shape index (κ2) is 7.31. The minimum atomic E-state index is 0.817. The third kappa shape index (κ3) is 4.08. The summed E-state index contributed by atoms with van der Waals surface area (Å²) in [5.74, 6) is 0. The lowest BCUT2D eigenvalue weighted by molar-refractivity contribution is 0.294. The summed E-state index contributed by atoms with van der Waals surface area (Å²) in [6, 6.07) is 8.16. The monoisotopic (exact) mass is 259 g/mol. The molecule has 104 valence electrons. The summed E-state index contributed by atoms with van der Waals surface area (Å²) in [5, 5.41) is 0. The molecule has 1 aromatic carbocycles. The summed E-state index contributed by atoms with van der Waals surface area (Å²) >= 11 is 0. The highest BCUT2D eigenvalue weighted by Gasteiger charge is 2.13. The van der Waals surface area contributed by atoms with Crippen molar-refractivity contribution in [1.29, 1.82) is 0 Å². The fourth-order valence-electron chi connectivity index (χ4n) is 2.60. The molecule has 2 rings (SSSR count). The molecule has 1 heterocycles. The van der Waals surface area contributed by atoms with E-state index >= 15 is 0 Å². The number of anilines is 1. The highest BCUT2D eigenvalue weighted by Crippen LogP contribution is 2.26. The first-order chi connectivity index (χ1) is 9.31. The number of nitrogens with two attached hydrogens (primary N) is 2. The van der Waals surface area contributed by atoms with Gasteiger partial charge in [0.05, 0.1) is 0 Å². The van der Waals surface area contributed by atoms with Crippen LogP contribution in [0.4, 0.5) is 5.69 Å². The molecule has 4 N–H and O–H groups in total. The molecule has 1 aromatic rings. The van der Waals surface area contributed by atoms with Gasteiger partial charge in [-0.05, 0) is 44.0 Å². The molecule has 0 amide bonds. The van der Waals surface area contributed by atoms with Crippen LogP contribution in [0.15, 0.2) is 30.3 Å². The molecule has 0 atom stereocenters. The van der Waals surface area contributed by atoms with E-state index in [0.717, 1.165) is 38.2 Å². The summed E-state index contributed by atoms with van der Waals surface area (Å²) < 4.78 is 0. The zero-order chi connectivity index (χ0) is 13.5. The molecule has 0 saturated heterocycles. The van der Waals surface area contributed by atoms with Gasteiger partial charge in [0.15, 0.2) is 0 Å². The molecule has 0 spiro atoms. The maximum atomic E-state index is 6.03. The summed E-state index contributed by atoms with van der Waals surface area (Å²) in [6.07, 6.45) is 7.09. The standard InChI is InChI=1S/C16H25N3/c17-10-4-1-5-11-19-12-8-14(9-13-19)15-6-2-3-7-16(15)18/h2-3,6-8H,1,4-5,9-13,17-18H2. The fraction of sp³-hybridized carbons (Fsp3) is 0.500. The van der Waals surface area contributed by atoms with Crippen LogP contribution in [0.3, 0.4) is 0 Å². The van der Waals surface area contributed by atoms with E-state index in [-0.39, 0.29) is 0 Å². The Kier molecular flexibility index (Phi) is 5.43. The van der Waals surface area contributed by atoms with Crippen LogP contribution in [-0.2, 0) is 0 Å². The third-order valence-electron chi connectivity index (χ3n) is 3.78. The molecule has 0 radical (unpaired) electrons. The van der Waals surface area contributed by atoms with Gasteiger partial charge in [0.2, 0.25) is 0 Å². The Hall–Kier alpha value is -1.32. The topological polar surface area (TPSA) is 55.3 Å². The predicted octanol–water partition coefficient (Wildman–Crippen LogP) is 2.49. The van der Waals surface area contributed by atoms with E-state index < -0.39 is 0 Å². The van der Waals surface area contributed by atoms with Crippen molar-refractivity contribution in [3.05, 3.63) is 35.9 Å². The molecule has 19 heavy (non-hydrogen) atoms. The zero-order valence-corrected chi connectivity index (χ0v) is 11.6. The Morgan fingerprint density at radius 2 is 1.95 bits per heavy atom. The van der Waals surface area contributed by atoms with Crippen molar-refractivity contribution in [2.45, 2.75) is 25.7 Å². The van der Waals surface area contributed by atoms with Gasteiger partial charge in [0.25, 0.3) is 0 Å². The lowest BCUT2D eigenvalue weighted by atomic mass is 9.98. The summed E-state index contributed by atoms with van der Waals surface area (Å²) in [5.41, 5.74) is 15.0. The number of hydrogen-bond donors (Lipinski definition) is 2. The zero-order valence-electron chi connectivity index (χ0n) is 11.6. The first-order valence-corrected chi connectivity index (χ1v) is 7.27. The maximum absolute atomic E-state index is 6.03. The molecule has 3 nitrogen and oxygen atoms in total. The molecular formula is C16H25N3. The first-order valence-electron chi connectivity index (χ1n) is 7.27. The molecule has 3 heteroatoms. The molecule has 0 fully saturated rings. The molecule has 0 unspecified atom stereocenters. The Balaban J connectivity index is 1.85. The normalized spacial score (nSPS) is 16.4. The first kappa shape index (κ1) is 14.1. The number of nitrogens with zero attached hydrogens (tertiary/aromatic N) is 1. The number of hydrogen-bond acceptors (Lipinski definition) is 3. The largest absolute Gasteiger partial charge is 0.398 e. The second-order valence-electron chi connectivity index (χ2n) is 5.22. The Labute approximate surface area is 116 Å². The number of benzene rings is 1. The molecular weight excluding hydrogens is 234 g/mol. The van der Waals surface area contributed by atoms with E-state index in [1.54, 1.807) is 0 Å². The number of nitrogen functional groups attached to an aromatic ring is 1. The summed E-state index contributed by atoms with van der Waals surface area (Å²) in [6.45, 7) is 4.19. The van der Waals surface area contributed by atoms with Gasteiger partial charge < -0.3 is 11.5 Å². The van der Waals surface area contributed by atoms with Crippen LogP contribution < -0.4 is 11.5 Å². The SMILES string of the molecule is NCCCCCN1CC=C(c2ccccc2N)CC1. The van der Waals surface area contributed by atoms with E-state index in [1.807, 2.05) is 12.1 Å². The molecule has 1 aliphatic rings. The van der Waals surface area contributed by atoms with Crippen molar-refractivity contribution in [2.75, 3.05) is 31.9 Å². The molecule has 0 aromatic heterocycles. The van der Waals surface area contributed by atoms with Gasteiger partial charge >= 0.3 is 0 Å². The Morgan fingerprint density at radius 1 is 1.11 bits per heavy atom. The van der Waals surface area contributed by atoms with Crippen LogP contribution >= 0.6 is 0 Å². The minimum absolute atomic E-state index is 0.817. The van der Waals surface area contributed by atoms with Crippen molar-refractivity contribution in [3.63, 3.8) is 0 Å². The molecule has 1 aliphatic heterocycles. The van der Waals surface area contributed by atoms with Crippen molar-refractivity contribution < 1.29 is 0 Å². The van der Waals surface area contributed by atoms with E-state index in [1.165, 1.54) is 30.5 Å². The predicted molar refractivity (Wildman–Crippen MR) is 82.8 cm³/mol. The van der Waals surface area contributed by atoms with Crippen molar-refractivity contribution >= 4 is 11.3 Å². The number of unbranched alkanes of at least 4 members (excludes halogenated alkanes) is 2. The summed E-state index contributed by atoms with van der Waals surface area (Å²) in [4.78, 5) is 2.51. The smallest absolute Gasteiger partial charge is 0.0390 e. The Morgan fingerprint density at radius 3 is 2.63 bits per heavy atom. The van der Waals surface area contributed by atoms with E-state index in [4.69, 9.17) is 11.5 Å². The van der Waals surface area contributed by atoms with Crippen molar-refractivity contribution in [1.82, 2.24) is 4.90 Å². The van der Waals surface area contributed by atoms with E-state index in [0.29, 0.717) is 0 Å². The van der Waals surface area contributed by atoms with Crippen molar-refractivity contribution in [3.8, 4) is 0 Å². The average Bonchev–Trinajstić information content (AvgIpc) is 2.45. The quantitative estimate of drug-likeness (QED) is 0.609. The Bertz CT molecular complexity index is 426. The van der Waals surface area contributed by atoms with Gasteiger partial charge in [-0.1, -0.05) is 30.7 Å². The minimum Gasteiger partial charge on any atom is -0.398 e. The van der Waals surface area contributed by atoms with Gasteiger partial charge in [-0.3, -0.25) is 4.90 Å². The van der Waals surface area contributed by atoms with Gasteiger partial charge in [-0.25, -0.2) is 0 Å². The summed E-state index contributed by atoms with van der Waals surface area (Å²) in [7, 11) is 0. The second-order valence-corrected chi connectivity index (χ2v) is 5.22. The van der Waals surface area contributed by atoms with Gasteiger partial charge in [0, 0.05) is 24.3 Å². The molecule has 0 aliphatic carbocycles. The number of rotatable bonds is 6. The van der Waals surface area contributed by atoms with Crippen LogP contribution in [0, 0.1) is 0 Å². The van der Waals surface area contributed by atoms with Gasteiger partial charge in [0.1, 0.15) is 0 Å². The number of para-hydroxylation sites is 1. The van der Waals surface area contributed by atoms with E-state index in [9.17, 15) is 0 Å². The lowest BCUT2D eigenvalue weighted by Crippen LogP contribution is -2.29. The molecule has 0 saturated carbocycles. The van der Waals surface area contributed by atoms with Crippen LogP contribution in [0.25, 0.3) is 5.57 Å². The maximum Gasteiger partial charge on any atom is 0.0390 e. The third-order valence-corrected chi connectivity index (χ3v) is 3.78. The van der Waals surface area contributed by atoms with Gasteiger partial charge in [-0.15, -0.1) is 0 Å². The van der Waals surface area contributed by atoms with Crippen LogP contribution in [0.2, 0.25) is 0 Å². The highest BCUT2D eigenvalue weighted by atomic mass is 15.1. The lowest BCUT2D eigenvalue weighted by Gasteiger charge is -2.26. The van der Waals surface area contributed by atoms with Crippen LogP contribution in [-0.4, -0.2) is 31.1 Å². The van der Waals surface area contributed by atoms with Crippen molar-refractivity contribution in [2.24, 2.45) is 5.73 Å². The van der Waals surface area contributed by atoms with E-state index in [2.05, 4.69) is 23.1 Å². The fourth-order valence-corrected chi connectivity index (χ4v) is 2.60. The molecule has 0 bridgehead atoms. The van der Waals surface area contributed by atoms with Crippen LogP contribution in [0.5, 0.6) is 0 Å². The van der Waals surface area contributed by atoms with Gasteiger partial charge in [-0.2, -0.15) is 0 Å². The average molecular weight is 259 g/mol. The van der Waals surface area contributed by atoms with Crippen LogP contribution in [0.1, 0.15) is 31.2 Å². The highest BCUT2D eigenvalue weighted by molar-refractivity contribution is 5.75.